The van der Waals surface area contributed by atoms with Crippen molar-refractivity contribution in [3.63, 3.8) is 0 Å². The lowest BCUT2D eigenvalue weighted by atomic mass is 10.1. The molecule has 2 aromatic rings. The van der Waals surface area contributed by atoms with E-state index in [9.17, 15) is 4.79 Å². The van der Waals surface area contributed by atoms with Crippen LogP contribution in [0.4, 0.5) is 10.5 Å². The lowest BCUT2D eigenvalue weighted by molar-refractivity contribution is 0.187. The molecule has 0 atom stereocenters. The number of hydrogen-bond donors (Lipinski definition) is 4. The smallest absolute Gasteiger partial charge is 0.319 e. The average Bonchev–Trinajstić information content (AvgIpc) is 2.75. The van der Waals surface area contributed by atoms with Crippen molar-refractivity contribution < 1.29 is 9.90 Å². The maximum atomic E-state index is 11.7. The molecule has 5 nitrogen and oxygen atoms in total. The minimum Gasteiger partial charge on any atom is -0.394 e. The van der Waals surface area contributed by atoms with Gasteiger partial charge >= 0.3 is 6.03 Å². The van der Waals surface area contributed by atoms with Gasteiger partial charge in [-0.15, -0.1) is 0 Å². The molecule has 0 saturated heterocycles. The molecule has 18 heavy (non-hydrogen) atoms. The van der Waals surface area contributed by atoms with Crippen LogP contribution in [-0.4, -0.2) is 28.3 Å². The fraction of sp³-hybridized carbons (Fsp3) is 0.308. The third-order valence-electron chi connectivity index (χ3n) is 2.66. The Balaban J connectivity index is 2.06. The molecule has 2 rings (SSSR count). The van der Waals surface area contributed by atoms with E-state index >= 15 is 0 Å². The summed E-state index contributed by atoms with van der Waals surface area (Å²) in [6, 6.07) is 7.23. The van der Waals surface area contributed by atoms with Crippen molar-refractivity contribution in [3.05, 3.63) is 30.5 Å². The zero-order valence-corrected chi connectivity index (χ0v) is 10.4. The number of rotatable bonds is 3. The van der Waals surface area contributed by atoms with E-state index in [1.165, 1.54) is 0 Å². The molecule has 0 aliphatic carbocycles. The van der Waals surface area contributed by atoms with Crippen molar-refractivity contribution in [1.29, 1.82) is 0 Å². The van der Waals surface area contributed by atoms with E-state index in [1.807, 2.05) is 30.5 Å². The van der Waals surface area contributed by atoms with Gasteiger partial charge in [0.05, 0.1) is 12.1 Å². The molecule has 5 heteroatoms. The van der Waals surface area contributed by atoms with Gasteiger partial charge in [0.15, 0.2) is 0 Å². The van der Waals surface area contributed by atoms with E-state index in [2.05, 4.69) is 15.6 Å². The molecule has 0 aliphatic rings. The second-order valence-corrected chi connectivity index (χ2v) is 4.90. The summed E-state index contributed by atoms with van der Waals surface area (Å²) in [6.07, 6.45) is 1.85. The number of aromatic amines is 1. The summed E-state index contributed by atoms with van der Waals surface area (Å²) in [5.74, 6) is 0. The zero-order chi connectivity index (χ0) is 13.2. The van der Waals surface area contributed by atoms with Gasteiger partial charge in [-0.25, -0.2) is 4.79 Å². The lowest BCUT2D eigenvalue weighted by Gasteiger charge is -2.23. The minimum atomic E-state index is -0.637. The Kier molecular flexibility index (Phi) is 3.25. The fourth-order valence-corrected chi connectivity index (χ4v) is 1.64. The molecule has 1 aromatic carbocycles. The van der Waals surface area contributed by atoms with Crippen molar-refractivity contribution in [2.75, 3.05) is 11.9 Å². The molecule has 0 aliphatic heterocycles. The van der Waals surface area contributed by atoms with Crippen LogP contribution in [0.2, 0.25) is 0 Å². The quantitative estimate of drug-likeness (QED) is 0.670. The Labute approximate surface area is 105 Å². The molecular formula is C13H17N3O2. The number of aromatic nitrogens is 1. The SMILES string of the molecule is CC(C)(CO)NC(=O)Nc1ccc2[nH]ccc2c1. The van der Waals surface area contributed by atoms with Crippen LogP contribution in [0, 0.1) is 0 Å². The Morgan fingerprint density at radius 2 is 2.17 bits per heavy atom. The first kappa shape index (κ1) is 12.4. The number of urea groups is 1. The van der Waals surface area contributed by atoms with E-state index in [0.717, 1.165) is 10.9 Å². The summed E-state index contributed by atoms with van der Waals surface area (Å²) in [7, 11) is 0. The van der Waals surface area contributed by atoms with Crippen molar-refractivity contribution in [2.45, 2.75) is 19.4 Å². The first-order chi connectivity index (χ1) is 8.50. The second kappa shape index (κ2) is 4.70. The molecule has 1 heterocycles. The molecule has 4 N–H and O–H groups in total. The standard InChI is InChI=1S/C13H17N3O2/c1-13(2,8-17)16-12(18)15-10-3-4-11-9(7-10)5-6-14-11/h3-7,14,17H,8H2,1-2H3,(H2,15,16,18). The highest BCUT2D eigenvalue weighted by atomic mass is 16.3. The number of carbonyl (C=O) groups excluding carboxylic acids is 1. The monoisotopic (exact) mass is 247 g/mol. The van der Waals surface area contributed by atoms with E-state index in [0.29, 0.717) is 5.69 Å². The number of H-pyrrole nitrogens is 1. The van der Waals surface area contributed by atoms with E-state index in [4.69, 9.17) is 5.11 Å². The number of aliphatic hydroxyl groups excluding tert-OH is 1. The molecule has 2 amide bonds. The van der Waals surface area contributed by atoms with Gasteiger partial charge in [-0.1, -0.05) is 0 Å². The van der Waals surface area contributed by atoms with Crippen LogP contribution < -0.4 is 10.6 Å². The number of nitrogens with one attached hydrogen (secondary N) is 3. The van der Waals surface area contributed by atoms with Crippen LogP contribution in [0.25, 0.3) is 10.9 Å². The van der Waals surface area contributed by atoms with Crippen LogP contribution in [0.15, 0.2) is 30.5 Å². The summed E-state index contributed by atoms with van der Waals surface area (Å²) in [4.78, 5) is 14.8. The molecule has 0 radical (unpaired) electrons. The first-order valence-electron chi connectivity index (χ1n) is 5.77. The van der Waals surface area contributed by atoms with Gasteiger partial charge in [-0.2, -0.15) is 0 Å². The predicted molar refractivity (Wildman–Crippen MR) is 71.6 cm³/mol. The summed E-state index contributed by atoms with van der Waals surface area (Å²) >= 11 is 0. The van der Waals surface area contributed by atoms with Gasteiger partial charge in [0.25, 0.3) is 0 Å². The predicted octanol–water partition coefficient (Wildman–Crippen LogP) is 2.06. The molecule has 0 saturated carbocycles. The number of amides is 2. The van der Waals surface area contributed by atoms with Gasteiger partial charge in [0.1, 0.15) is 0 Å². The summed E-state index contributed by atoms with van der Waals surface area (Å²) < 4.78 is 0. The van der Waals surface area contributed by atoms with Crippen molar-refractivity contribution in [3.8, 4) is 0 Å². The molecule has 0 fully saturated rings. The second-order valence-electron chi connectivity index (χ2n) is 4.90. The van der Waals surface area contributed by atoms with Crippen LogP contribution in [-0.2, 0) is 0 Å². The highest BCUT2D eigenvalue weighted by Gasteiger charge is 2.18. The maximum absolute atomic E-state index is 11.7. The lowest BCUT2D eigenvalue weighted by Crippen LogP contribution is -2.48. The Bertz CT molecular complexity index is 560. The molecule has 0 spiro atoms. The molecule has 96 valence electrons. The van der Waals surface area contributed by atoms with Crippen LogP contribution >= 0.6 is 0 Å². The van der Waals surface area contributed by atoms with E-state index < -0.39 is 5.54 Å². The number of anilines is 1. The van der Waals surface area contributed by atoms with Gasteiger partial charge in [0, 0.05) is 22.8 Å². The minimum absolute atomic E-state index is 0.114. The van der Waals surface area contributed by atoms with Crippen LogP contribution in [0.5, 0.6) is 0 Å². The zero-order valence-electron chi connectivity index (χ0n) is 10.4. The number of benzene rings is 1. The van der Waals surface area contributed by atoms with E-state index in [1.54, 1.807) is 13.8 Å². The Hall–Kier alpha value is -2.01. The normalized spacial score (nSPS) is 11.5. The Morgan fingerprint density at radius 3 is 2.89 bits per heavy atom. The van der Waals surface area contributed by atoms with Crippen LogP contribution in [0.1, 0.15) is 13.8 Å². The molecule has 0 unspecified atom stereocenters. The largest absolute Gasteiger partial charge is 0.394 e. The van der Waals surface area contributed by atoms with Crippen molar-refractivity contribution in [1.82, 2.24) is 10.3 Å². The molecule has 0 bridgehead atoms. The summed E-state index contributed by atoms with van der Waals surface area (Å²) in [5, 5.41) is 15.5. The third kappa shape index (κ3) is 2.81. The highest BCUT2D eigenvalue weighted by Crippen LogP contribution is 2.17. The number of carbonyl (C=O) groups is 1. The molecular weight excluding hydrogens is 230 g/mol. The van der Waals surface area contributed by atoms with Crippen LogP contribution in [0.3, 0.4) is 0 Å². The number of hydrogen-bond acceptors (Lipinski definition) is 2. The van der Waals surface area contributed by atoms with E-state index in [-0.39, 0.29) is 12.6 Å². The Morgan fingerprint density at radius 1 is 1.39 bits per heavy atom. The molecule has 1 aromatic heterocycles. The summed E-state index contributed by atoms with van der Waals surface area (Å²) in [6.45, 7) is 3.39. The first-order valence-corrected chi connectivity index (χ1v) is 5.77. The topological polar surface area (TPSA) is 77.2 Å². The fourth-order valence-electron chi connectivity index (χ4n) is 1.64. The van der Waals surface area contributed by atoms with Gasteiger partial charge < -0.3 is 20.7 Å². The van der Waals surface area contributed by atoms with Crippen molar-refractivity contribution >= 4 is 22.6 Å². The van der Waals surface area contributed by atoms with Gasteiger partial charge in [-0.05, 0) is 38.1 Å². The highest BCUT2D eigenvalue weighted by molar-refractivity contribution is 5.93. The maximum Gasteiger partial charge on any atom is 0.319 e. The number of fused-ring (bicyclic) bond motifs is 1. The summed E-state index contributed by atoms with van der Waals surface area (Å²) in [5.41, 5.74) is 1.10. The van der Waals surface area contributed by atoms with Gasteiger partial charge in [0.2, 0.25) is 0 Å². The van der Waals surface area contributed by atoms with Crippen molar-refractivity contribution in [2.24, 2.45) is 0 Å². The third-order valence-corrected chi connectivity index (χ3v) is 2.66. The van der Waals surface area contributed by atoms with Gasteiger partial charge in [-0.3, -0.25) is 0 Å². The average molecular weight is 247 g/mol. The number of aliphatic hydroxyl groups is 1.